The molecule has 0 radical (unpaired) electrons. The number of benzene rings is 1. The molecule has 1 atom stereocenters. The van der Waals surface area contributed by atoms with E-state index in [1.165, 1.54) is 37.3 Å². The molecule has 0 aliphatic rings. The number of carbonyl (C=O) groups excluding carboxylic acids is 1. The summed E-state index contributed by atoms with van der Waals surface area (Å²) in [7, 11) is 0. The number of carbonyl (C=O) groups is 2. The molecule has 21 heavy (non-hydrogen) atoms. The van der Waals surface area contributed by atoms with Gasteiger partial charge in [-0.2, -0.15) is 0 Å². The Morgan fingerprint density at radius 2 is 1.95 bits per heavy atom. The Labute approximate surface area is 124 Å². The molecule has 0 fully saturated rings. The molecule has 0 spiro atoms. The summed E-state index contributed by atoms with van der Waals surface area (Å²) < 4.78 is 18.1. The van der Waals surface area contributed by atoms with Gasteiger partial charge in [0.25, 0.3) is 5.91 Å². The Bertz CT molecular complexity index is 653. The quantitative estimate of drug-likeness (QED) is 0.890. The smallest absolute Gasteiger partial charge is 0.348 e. The van der Waals surface area contributed by atoms with Gasteiger partial charge in [0.1, 0.15) is 16.4 Å². The highest BCUT2D eigenvalue weighted by atomic mass is 32.1. The zero-order chi connectivity index (χ0) is 15.4. The molecule has 0 saturated heterocycles. The number of halogens is 1. The lowest BCUT2D eigenvalue weighted by Gasteiger charge is -2.14. The van der Waals surface area contributed by atoms with Crippen molar-refractivity contribution in [2.45, 2.75) is 13.0 Å². The van der Waals surface area contributed by atoms with Crippen LogP contribution in [0.3, 0.4) is 0 Å². The first kappa shape index (κ1) is 15.0. The molecular weight excluding hydrogens is 297 g/mol. The van der Waals surface area contributed by atoms with Gasteiger partial charge < -0.3 is 15.2 Å². The monoisotopic (exact) mass is 309 g/mol. The Balaban J connectivity index is 2.01. The maximum atomic E-state index is 12.8. The minimum Gasteiger partial charge on any atom is -0.481 e. The van der Waals surface area contributed by atoms with Crippen molar-refractivity contribution >= 4 is 28.9 Å². The van der Waals surface area contributed by atoms with E-state index in [0.717, 1.165) is 11.3 Å². The van der Waals surface area contributed by atoms with Gasteiger partial charge in [0.05, 0.1) is 5.69 Å². The highest BCUT2D eigenvalue weighted by Crippen LogP contribution is 2.22. The molecule has 110 valence electrons. The van der Waals surface area contributed by atoms with E-state index in [1.54, 1.807) is 5.38 Å². The van der Waals surface area contributed by atoms with E-state index in [4.69, 9.17) is 9.84 Å². The molecule has 7 heteroatoms. The number of amides is 1. The number of ether oxygens (including phenoxy) is 1. The summed E-state index contributed by atoms with van der Waals surface area (Å²) in [6.07, 6.45) is -0.850. The van der Waals surface area contributed by atoms with Crippen LogP contribution in [0.1, 0.15) is 16.6 Å². The van der Waals surface area contributed by atoms with Gasteiger partial charge in [0, 0.05) is 0 Å². The van der Waals surface area contributed by atoms with Gasteiger partial charge >= 0.3 is 5.97 Å². The molecule has 1 aromatic heterocycles. The number of carboxylic acid groups (broad SMARTS) is 1. The summed E-state index contributed by atoms with van der Waals surface area (Å²) in [4.78, 5) is 23.0. The van der Waals surface area contributed by atoms with Crippen LogP contribution < -0.4 is 10.1 Å². The normalized spacial score (nSPS) is 11.7. The van der Waals surface area contributed by atoms with E-state index in [0.29, 0.717) is 5.75 Å². The van der Waals surface area contributed by atoms with Crippen molar-refractivity contribution in [2.24, 2.45) is 0 Å². The van der Waals surface area contributed by atoms with Crippen LogP contribution in [0.2, 0.25) is 0 Å². The Hall–Kier alpha value is -2.41. The van der Waals surface area contributed by atoms with Gasteiger partial charge in [0.15, 0.2) is 6.10 Å². The first-order valence-corrected chi connectivity index (χ1v) is 6.89. The Morgan fingerprint density at radius 3 is 2.57 bits per heavy atom. The molecule has 2 aromatic rings. The first-order chi connectivity index (χ1) is 9.97. The summed E-state index contributed by atoms with van der Waals surface area (Å²) in [6, 6.07) is 6.78. The van der Waals surface area contributed by atoms with Crippen molar-refractivity contribution in [3.05, 3.63) is 46.4 Å². The van der Waals surface area contributed by atoms with Crippen LogP contribution in [0, 0.1) is 5.82 Å². The molecule has 0 bridgehead atoms. The molecule has 1 amide bonds. The number of rotatable bonds is 5. The summed E-state index contributed by atoms with van der Waals surface area (Å²) in [6.45, 7) is 1.52. The van der Waals surface area contributed by atoms with Gasteiger partial charge in [-0.05, 0) is 42.6 Å². The molecule has 1 unspecified atom stereocenters. The van der Waals surface area contributed by atoms with Crippen molar-refractivity contribution in [1.82, 2.24) is 0 Å². The average Bonchev–Trinajstić information content (AvgIpc) is 2.89. The van der Waals surface area contributed by atoms with Crippen LogP contribution in [0.5, 0.6) is 5.75 Å². The highest BCUT2D eigenvalue weighted by molar-refractivity contribution is 7.12. The number of hydrogen-bond acceptors (Lipinski definition) is 4. The molecule has 0 saturated carbocycles. The Morgan fingerprint density at radius 1 is 1.29 bits per heavy atom. The second-order valence-corrected chi connectivity index (χ2v) is 5.09. The molecule has 5 nitrogen and oxygen atoms in total. The van der Waals surface area contributed by atoms with Gasteiger partial charge in [0.2, 0.25) is 0 Å². The predicted octanol–water partition coefficient (Wildman–Crippen LogP) is 2.99. The van der Waals surface area contributed by atoms with Crippen molar-refractivity contribution in [1.29, 1.82) is 0 Å². The van der Waals surface area contributed by atoms with E-state index in [9.17, 15) is 14.0 Å². The third-order valence-electron chi connectivity index (χ3n) is 2.61. The van der Waals surface area contributed by atoms with E-state index >= 15 is 0 Å². The van der Waals surface area contributed by atoms with Crippen LogP contribution in [-0.4, -0.2) is 23.1 Å². The van der Waals surface area contributed by atoms with Gasteiger partial charge in [-0.15, -0.1) is 11.3 Å². The third-order valence-corrected chi connectivity index (χ3v) is 3.52. The van der Waals surface area contributed by atoms with Crippen molar-refractivity contribution in [2.75, 3.05) is 5.32 Å². The fraction of sp³-hybridized carbons (Fsp3) is 0.143. The highest BCUT2D eigenvalue weighted by Gasteiger charge is 2.19. The number of aromatic carboxylic acids is 1. The lowest BCUT2D eigenvalue weighted by molar-refractivity contribution is -0.122. The molecular formula is C14H12FNO4S. The van der Waals surface area contributed by atoms with E-state index < -0.39 is 23.8 Å². The molecule has 2 N–H and O–H groups in total. The molecule has 0 aliphatic carbocycles. The number of nitrogens with one attached hydrogen (secondary N) is 1. The number of thiophene rings is 1. The molecule has 2 rings (SSSR count). The topological polar surface area (TPSA) is 75.6 Å². The zero-order valence-electron chi connectivity index (χ0n) is 11.0. The second kappa shape index (κ2) is 6.36. The van der Waals surface area contributed by atoms with Crippen molar-refractivity contribution < 1.29 is 23.8 Å². The fourth-order valence-electron chi connectivity index (χ4n) is 1.58. The summed E-state index contributed by atoms with van der Waals surface area (Å²) in [5, 5.41) is 13.0. The number of hydrogen-bond donors (Lipinski definition) is 2. The lowest BCUT2D eigenvalue weighted by atomic mass is 10.3. The predicted molar refractivity (Wildman–Crippen MR) is 76.4 cm³/mol. The molecule has 1 heterocycles. The minimum atomic E-state index is -1.10. The fourth-order valence-corrected chi connectivity index (χ4v) is 2.27. The van der Waals surface area contributed by atoms with Crippen molar-refractivity contribution in [3.63, 3.8) is 0 Å². The van der Waals surface area contributed by atoms with Crippen LogP contribution in [0.4, 0.5) is 10.1 Å². The number of anilines is 1. The zero-order valence-corrected chi connectivity index (χ0v) is 11.8. The van der Waals surface area contributed by atoms with Gasteiger partial charge in [-0.25, -0.2) is 9.18 Å². The summed E-state index contributed by atoms with van der Waals surface area (Å²) in [5.74, 6) is -1.64. The SMILES string of the molecule is CC(Oc1ccc(F)cc1)C(=O)Nc1ccsc1C(=O)O. The number of carboxylic acids is 1. The second-order valence-electron chi connectivity index (χ2n) is 4.17. The van der Waals surface area contributed by atoms with Crippen LogP contribution in [0.25, 0.3) is 0 Å². The van der Waals surface area contributed by atoms with Gasteiger partial charge in [-0.1, -0.05) is 0 Å². The average molecular weight is 309 g/mol. The lowest BCUT2D eigenvalue weighted by Crippen LogP contribution is -2.30. The maximum absolute atomic E-state index is 12.8. The largest absolute Gasteiger partial charge is 0.481 e. The van der Waals surface area contributed by atoms with Crippen molar-refractivity contribution in [3.8, 4) is 5.75 Å². The molecule has 0 aliphatic heterocycles. The van der Waals surface area contributed by atoms with Gasteiger partial charge in [-0.3, -0.25) is 4.79 Å². The Kier molecular flexibility index (Phi) is 4.54. The van der Waals surface area contributed by atoms with Crippen LogP contribution in [-0.2, 0) is 4.79 Å². The van der Waals surface area contributed by atoms with Crippen LogP contribution in [0.15, 0.2) is 35.7 Å². The van der Waals surface area contributed by atoms with E-state index in [-0.39, 0.29) is 10.6 Å². The summed E-state index contributed by atoms with van der Waals surface area (Å²) in [5.41, 5.74) is 0.229. The minimum absolute atomic E-state index is 0.0531. The van der Waals surface area contributed by atoms with Crippen LogP contribution >= 0.6 is 11.3 Å². The maximum Gasteiger partial charge on any atom is 0.348 e. The third kappa shape index (κ3) is 3.79. The van der Waals surface area contributed by atoms with E-state index in [2.05, 4.69) is 5.32 Å². The van der Waals surface area contributed by atoms with E-state index in [1.807, 2.05) is 0 Å². The first-order valence-electron chi connectivity index (χ1n) is 6.01. The molecule has 1 aromatic carbocycles. The summed E-state index contributed by atoms with van der Waals surface area (Å²) >= 11 is 1.02. The standard InChI is InChI=1S/C14H12FNO4S/c1-8(20-10-4-2-9(15)3-5-10)13(17)16-11-6-7-21-12(11)14(18)19/h2-8H,1H3,(H,16,17)(H,18,19).